The molecule has 4 rings (SSSR count). The second-order valence-electron chi connectivity index (χ2n) is 4.85. The maximum atomic E-state index is 4.53. The Morgan fingerprint density at radius 2 is 1.91 bits per heavy atom. The van der Waals surface area contributed by atoms with Crippen LogP contribution in [0, 0.1) is 0 Å². The van der Waals surface area contributed by atoms with Crippen LogP contribution in [0.3, 0.4) is 0 Å². The van der Waals surface area contributed by atoms with Gasteiger partial charge in [0.15, 0.2) is 0 Å². The van der Waals surface area contributed by atoms with Crippen LogP contribution in [0.2, 0.25) is 0 Å². The molecule has 0 spiro atoms. The third-order valence-electron chi connectivity index (χ3n) is 3.27. The molecule has 108 valence electrons. The van der Waals surface area contributed by atoms with Gasteiger partial charge in [-0.15, -0.1) is 10.2 Å². The normalized spacial score (nSPS) is 11.1. The number of fused-ring (bicyclic) bond motifs is 1. The van der Waals surface area contributed by atoms with Crippen LogP contribution in [0.15, 0.2) is 59.3 Å². The monoisotopic (exact) mass is 354 g/mol. The van der Waals surface area contributed by atoms with Crippen LogP contribution in [0.5, 0.6) is 0 Å². The predicted molar refractivity (Wildman–Crippen MR) is 85.2 cm³/mol. The molecule has 0 aliphatic carbocycles. The van der Waals surface area contributed by atoms with Gasteiger partial charge in [-0.25, -0.2) is 4.98 Å². The molecule has 4 aromatic rings. The average Bonchev–Trinajstić information content (AvgIpc) is 3.14. The summed E-state index contributed by atoms with van der Waals surface area (Å²) in [6.45, 7) is 0.491. The fourth-order valence-corrected chi connectivity index (χ4v) is 2.50. The molecule has 0 amide bonds. The second-order valence-corrected chi connectivity index (χ2v) is 5.76. The lowest BCUT2D eigenvalue weighted by molar-refractivity contribution is 0.566. The van der Waals surface area contributed by atoms with E-state index in [0.717, 1.165) is 21.4 Å². The Balaban J connectivity index is 1.60. The Morgan fingerprint density at radius 3 is 2.73 bits per heavy atom. The van der Waals surface area contributed by atoms with Gasteiger partial charge >= 0.3 is 0 Å². The predicted octanol–water partition coefficient (Wildman–Crippen LogP) is 2.80. The molecule has 0 aliphatic rings. The molecule has 0 unspecified atom stereocenters. The number of aromatic nitrogens is 6. The summed E-state index contributed by atoms with van der Waals surface area (Å²) < 4.78 is 3.00. The SMILES string of the molecule is Brc1ccc(-c2nnn(Cc3cn4ccccc4n3)n2)cc1. The summed E-state index contributed by atoms with van der Waals surface area (Å²) in [6, 6.07) is 13.7. The number of imidazole rings is 1. The van der Waals surface area contributed by atoms with E-state index in [2.05, 4.69) is 36.3 Å². The van der Waals surface area contributed by atoms with Gasteiger partial charge in [-0.05, 0) is 41.6 Å². The largest absolute Gasteiger partial charge is 0.307 e. The summed E-state index contributed by atoms with van der Waals surface area (Å²) >= 11 is 3.41. The Morgan fingerprint density at radius 1 is 1.05 bits per heavy atom. The van der Waals surface area contributed by atoms with Gasteiger partial charge in [-0.2, -0.15) is 4.80 Å². The third kappa shape index (κ3) is 2.50. The molecule has 7 heteroatoms. The van der Waals surface area contributed by atoms with E-state index in [-0.39, 0.29) is 0 Å². The van der Waals surface area contributed by atoms with Crippen molar-refractivity contribution < 1.29 is 0 Å². The van der Waals surface area contributed by atoms with Crippen LogP contribution >= 0.6 is 15.9 Å². The lowest BCUT2D eigenvalue weighted by Gasteiger charge is -1.95. The molecule has 3 heterocycles. The topological polar surface area (TPSA) is 60.9 Å². The van der Waals surface area contributed by atoms with Crippen LogP contribution in [0.4, 0.5) is 0 Å². The van der Waals surface area contributed by atoms with Gasteiger partial charge in [-0.1, -0.05) is 22.0 Å². The Kier molecular flexibility index (Phi) is 3.19. The molecule has 0 fully saturated rings. The second kappa shape index (κ2) is 5.34. The van der Waals surface area contributed by atoms with Gasteiger partial charge in [-0.3, -0.25) is 0 Å². The number of tetrazole rings is 1. The molecular weight excluding hydrogens is 344 g/mol. The molecule has 6 nitrogen and oxygen atoms in total. The van der Waals surface area contributed by atoms with E-state index in [1.165, 1.54) is 0 Å². The zero-order valence-corrected chi connectivity index (χ0v) is 13.1. The number of hydrogen-bond acceptors (Lipinski definition) is 4. The molecule has 0 saturated heterocycles. The summed E-state index contributed by atoms with van der Waals surface area (Å²) in [7, 11) is 0. The number of nitrogens with zero attached hydrogens (tertiary/aromatic N) is 6. The molecule has 0 saturated carbocycles. The number of rotatable bonds is 3. The van der Waals surface area contributed by atoms with E-state index in [4.69, 9.17) is 0 Å². The van der Waals surface area contributed by atoms with Gasteiger partial charge in [0.25, 0.3) is 0 Å². The van der Waals surface area contributed by atoms with Crippen molar-refractivity contribution in [2.24, 2.45) is 0 Å². The molecule has 22 heavy (non-hydrogen) atoms. The van der Waals surface area contributed by atoms with E-state index in [1.807, 2.05) is 59.3 Å². The number of hydrogen-bond donors (Lipinski definition) is 0. The van der Waals surface area contributed by atoms with E-state index < -0.39 is 0 Å². The average molecular weight is 355 g/mol. The molecule has 0 bridgehead atoms. The summed E-state index contributed by atoms with van der Waals surface area (Å²) in [5.74, 6) is 0.608. The maximum Gasteiger partial charge on any atom is 0.204 e. The lowest BCUT2D eigenvalue weighted by Crippen LogP contribution is -2.04. The van der Waals surface area contributed by atoms with Crippen molar-refractivity contribution in [1.82, 2.24) is 29.6 Å². The van der Waals surface area contributed by atoms with Crippen molar-refractivity contribution in [3.63, 3.8) is 0 Å². The summed E-state index contributed by atoms with van der Waals surface area (Å²) in [4.78, 5) is 6.08. The highest BCUT2D eigenvalue weighted by Crippen LogP contribution is 2.17. The minimum atomic E-state index is 0.491. The van der Waals surface area contributed by atoms with Gasteiger partial charge < -0.3 is 4.40 Å². The Labute approximate surface area is 134 Å². The van der Waals surface area contributed by atoms with Gasteiger partial charge in [0.05, 0.1) is 5.69 Å². The van der Waals surface area contributed by atoms with Crippen molar-refractivity contribution in [3.8, 4) is 11.4 Å². The lowest BCUT2D eigenvalue weighted by atomic mass is 10.2. The number of pyridine rings is 1. The van der Waals surface area contributed by atoms with E-state index in [1.54, 1.807) is 4.80 Å². The summed E-state index contributed by atoms with van der Waals surface area (Å²) in [5, 5.41) is 12.6. The maximum absolute atomic E-state index is 4.53. The van der Waals surface area contributed by atoms with Crippen molar-refractivity contribution >= 4 is 21.6 Å². The van der Waals surface area contributed by atoms with Crippen LogP contribution < -0.4 is 0 Å². The number of benzene rings is 1. The van der Waals surface area contributed by atoms with Crippen LogP contribution in [-0.2, 0) is 6.54 Å². The Hall–Kier alpha value is -2.54. The summed E-state index contributed by atoms with van der Waals surface area (Å²) in [5.41, 5.74) is 2.74. The highest BCUT2D eigenvalue weighted by molar-refractivity contribution is 9.10. The van der Waals surface area contributed by atoms with Crippen LogP contribution in [0.25, 0.3) is 17.0 Å². The first-order valence-electron chi connectivity index (χ1n) is 6.74. The van der Waals surface area contributed by atoms with Gasteiger partial charge in [0.1, 0.15) is 12.2 Å². The van der Waals surface area contributed by atoms with E-state index in [0.29, 0.717) is 12.4 Å². The fraction of sp³-hybridized carbons (Fsp3) is 0.0667. The van der Waals surface area contributed by atoms with Crippen molar-refractivity contribution in [1.29, 1.82) is 0 Å². The molecule has 0 N–H and O–H groups in total. The minimum Gasteiger partial charge on any atom is -0.307 e. The molecule has 0 radical (unpaired) electrons. The molecule has 0 atom stereocenters. The smallest absolute Gasteiger partial charge is 0.204 e. The van der Waals surface area contributed by atoms with Crippen molar-refractivity contribution in [2.75, 3.05) is 0 Å². The highest BCUT2D eigenvalue weighted by atomic mass is 79.9. The molecular formula is C15H11BrN6. The van der Waals surface area contributed by atoms with Crippen LogP contribution in [0.1, 0.15) is 5.69 Å². The van der Waals surface area contributed by atoms with Crippen LogP contribution in [-0.4, -0.2) is 29.6 Å². The standard InChI is InChI=1S/C15H11BrN6/c16-12-6-4-11(5-7-12)15-18-20-22(19-15)10-13-9-21-8-2-1-3-14(21)17-13/h1-9H,10H2. The fourth-order valence-electron chi connectivity index (χ4n) is 2.23. The van der Waals surface area contributed by atoms with Gasteiger partial charge in [0.2, 0.25) is 5.82 Å². The van der Waals surface area contributed by atoms with Crippen molar-refractivity contribution in [3.05, 3.63) is 65.0 Å². The third-order valence-corrected chi connectivity index (χ3v) is 3.80. The zero-order valence-electron chi connectivity index (χ0n) is 11.5. The highest BCUT2D eigenvalue weighted by Gasteiger charge is 2.08. The first-order valence-corrected chi connectivity index (χ1v) is 7.53. The van der Waals surface area contributed by atoms with E-state index in [9.17, 15) is 0 Å². The summed E-state index contributed by atoms with van der Waals surface area (Å²) in [6.07, 6.45) is 3.94. The first-order chi connectivity index (χ1) is 10.8. The quantitative estimate of drug-likeness (QED) is 0.567. The Bertz CT molecular complexity index is 892. The molecule has 1 aromatic carbocycles. The molecule has 3 aromatic heterocycles. The van der Waals surface area contributed by atoms with Gasteiger partial charge in [0, 0.05) is 22.4 Å². The molecule has 0 aliphatic heterocycles. The van der Waals surface area contributed by atoms with E-state index >= 15 is 0 Å². The first kappa shape index (κ1) is 13.1. The zero-order chi connectivity index (χ0) is 14.9. The minimum absolute atomic E-state index is 0.491. The van der Waals surface area contributed by atoms with Crippen molar-refractivity contribution in [2.45, 2.75) is 6.54 Å². The number of halogens is 1.